The van der Waals surface area contributed by atoms with Gasteiger partial charge in [0.15, 0.2) is 0 Å². The Bertz CT molecular complexity index is 1130. The lowest BCUT2D eigenvalue weighted by atomic mass is 9.95. The van der Waals surface area contributed by atoms with Crippen LogP contribution >= 0.6 is 11.6 Å². The summed E-state index contributed by atoms with van der Waals surface area (Å²) in [7, 11) is -3.90. The number of benzene rings is 1. The second-order valence-electron chi connectivity index (χ2n) is 6.68. The molecule has 0 aliphatic heterocycles. The van der Waals surface area contributed by atoms with Gasteiger partial charge in [-0.05, 0) is 25.0 Å². The van der Waals surface area contributed by atoms with Crippen molar-refractivity contribution in [2.24, 2.45) is 0 Å². The summed E-state index contributed by atoms with van der Waals surface area (Å²) in [6.07, 6.45) is 7.27. The first-order valence-electron chi connectivity index (χ1n) is 8.73. The Morgan fingerprint density at radius 3 is 2.63 bits per heavy atom. The van der Waals surface area contributed by atoms with Gasteiger partial charge in [0, 0.05) is 6.04 Å². The molecule has 0 unspecified atom stereocenters. The zero-order chi connectivity index (χ0) is 19.0. The predicted molar refractivity (Wildman–Crippen MR) is 100 cm³/mol. The van der Waals surface area contributed by atoms with Gasteiger partial charge in [-0.2, -0.15) is 0 Å². The molecule has 2 heterocycles. The number of halogens is 1. The van der Waals surface area contributed by atoms with Crippen molar-refractivity contribution >= 4 is 32.7 Å². The van der Waals surface area contributed by atoms with Gasteiger partial charge in [-0.25, -0.2) is 17.9 Å². The molecule has 1 aliphatic rings. The number of sulfonamides is 1. The summed E-state index contributed by atoms with van der Waals surface area (Å²) in [6.45, 7) is 0.0108. The Morgan fingerprint density at radius 2 is 1.89 bits per heavy atom. The molecule has 0 radical (unpaired) electrons. The van der Waals surface area contributed by atoms with E-state index in [4.69, 9.17) is 11.6 Å². The number of nitrogens with one attached hydrogen (secondary N) is 3. The van der Waals surface area contributed by atoms with Gasteiger partial charge < -0.3 is 14.5 Å². The maximum Gasteiger partial charge on any atom is 0.323 e. The lowest BCUT2D eigenvalue weighted by molar-refractivity contribution is 0.344. The van der Waals surface area contributed by atoms with E-state index in [9.17, 15) is 13.2 Å². The van der Waals surface area contributed by atoms with E-state index in [0.29, 0.717) is 22.9 Å². The quantitative estimate of drug-likeness (QED) is 0.593. The number of hydrogen-bond acceptors (Lipinski definition) is 5. The van der Waals surface area contributed by atoms with Crippen LogP contribution in [0.3, 0.4) is 0 Å². The monoisotopic (exact) mass is 410 g/mol. The first kappa shape index (κ1) is 18.2. The maximum atomic E-state index is 12.7. The van der Waals surface area contributed by atoms with Crippen molar-refractivity contribution in [3.63, 3.8) is 0 Å². The van der Waals surface area contributed by atoms with Crippen LogP contribution in [0.5, 0.6) is 0 Å². The van der Waals surface area contributed by atoms with Gasteiger partial charge in [-0.15, -0.1) is 10.2 Å². The fourth-order valence-corrected chi connectivity index (χ4v) is 5.07. The van der Waals surface area contributed by atoms with Crippen LogP contribution in [-0.2, 0) is 16.6 Å². The Kier molecular flexibility index (Phi) is 4.79. The van der Waals surface area contributed by atoms with Gasteiger partial charge in [0.25, 0.3) is 0 Å². The smallest absolute Gasteiger partial charge is 0.313 e. The molecular weight excluding hydrogens is 392 g/mol. The Morgan fingerprint density at radius 1 is 1.19 bits per heavy atom. The van der Waals surface area contributed by atoms with Crippen LogP contribution in [0.1, 0.15) is 44.0 Å². The van der Waals surface area contributed by atoms with Crippen molar-refractivity contribution in [2.45, 2.75) is 49.6 Å². The normalized spacial score (nSPS) is 16.2. The lowest BCUT2D eigenvalue weighted by Gasteiger charge is -2.24. The first-order valence-corrected chi connectivity index (χ1v) is 10.6. The zero-order valence-electron chi connectivity index (χ0n) is 14.4. The average molecular weight is 411 g/mol. The third-order valence-electron chi connectivity index (χ3n) is 4.89. The van der Waals surface area contributed by atoms with Crippen LogP contribution in [0.2, 0.25) is 5.02 Å². The van der Waals surface area contributed by atoms with Crippen molar-refractivity contribution in [3.05, 3.63) is 39.8 Å². The van der Waals surface area contributed by atoms with E-state index in [-0.39, 0.29) is 16.5 Å². The molecule has 27 heavy (non-hydrogen) atoms. The third kappa shape index (κ3) is 3.64. The van der Waals surface area contributed by atoms with E-state index < -0.39 is 15.7 Å². The van der Waals surface area contributed by atoms with Crippen molar-refractivity contribution < 1.29 is 8.42 Å². The number of aromatic amines is 2. The molecule has 11 heteroatoms. The Balaban J connectivity index is 1.57. The molecule has 0 atom stereocenters. The molecular formula is C16H19ClN6O3S. The molecule has 9 nitrogen and oxygen atoms in total. The number of hydrogen-bond donors (Lipinski definition) is 3. The maximum absolute atomic E-state index is 12.7. The molecule has 0 amide bonds. The highest BCUT2D eigenvalue weighted by molar-refractivity contribution is 7.89. The molecule has 144 valence electrons. The SMILES string of the molecule is O=c1[nH]c2cc(Cl)c(S(=O)(=O)NCc3nncn3C3CCCCC3)cc2[nH]1. The van der Waals surface area contributed by atoms with Gasteiger partial charge in [-0.1, -0.05) is 30.9 Å². The Labute approximate surface area is 160 Å². The Hall–Kier alpha value is -2.17. The highest BCUT2D eigenvalue weighted by Gasteiger charge is 2.22. The van der Waals surface area contributed by atoms with Gasteiger partial charge >= 0.3 is 5.69 Å². The van der Waals surface area contributed by atoms with E-state index in [1.807, 2.05) is 4.57 Å². The third-order valence-corrected chi connectivity index (χ3v) is 6.76. The molecule has 4 rings (SSSR count). The summed E-state index contributed by atoms with van der Waals surface area (Å²) in [5, 5.41) is 8.03. The lowest BCUT2D eigenvalue weighted by Crippen LogP contribution is -2.26. The summed E-state index contributed by atoms with van der Waals surface area (Å²) >= 11 is 6.12. The van der Waals surface area contributed by atoms with Crippen LogP contribution < -0.4 is 10.4 Å². The second kappa shape index (κ2) is 7.10. The van der Waals surface area contributed by atoms with Crippen LogP contribution in [-0.4, -0.2) is 33.2 Å². The molecule has 0 spiro atoms. The van der Waals surface area contributed by atoms with Gasteiger partial charge in [0.05, 0.1) is 22.6 Å². The zero-order valence-corrected chi connectivity index (χ0v) is 16.0. The highest BCUT2D eigenvalue weighted by atomic mass is 35.5. The van der Waals surface area contributed by atoms with Crippen molar-refractivity contribution in [3.8, 4) is 0 Å². The number of nitrogens with zero attached hydrogens (tertiary/aromatic N) is 3. The van der Waals surface area contributed by atoms with Crippen LogP contribution in [0.4, 0.5) is 0 Å². The molecule has 0 saturated heterocycles. The van der Waals surface area contributed by atoms with Gasteiger partial charge in [0.2, 0.25) is 10.0 Å². The summed E-state index contributed by atoms with van der Waals surface area (Å²) in [5.74, 6) is 0.567. The van der Waals surface area contributed by atoms with Crippen LogP contribution in [0.15, 0.2) is 28.2 Å². The summed E-state index contributed by atoms with van der Waals surface area (Å²) < 4.78 is 29.9. The van der Waals surface area contributed by atoms with E-state index >= 15 is 0 Å². The van der Waals surface area contributed by atoms with E-state index in [1.54, 1.807) is 6.33 Å². The standard InChI is InChI=1S/C16H19ClN6O3S/c17-11-6-12-13(21-16(24)20-12)7-14(11)27(25,26)19-8-15-22-18-9-23(15)10-4-2-1-3-5-10/h6-7,9-10,19H,1-5,8H2,(H2,20,21,24). The topological polar surface area (TPSA) is 126 Å². The highest BCUT2D eigenvalue weighted by Crippen LogP contribution is 2.29. The molecule has 1 aliphatic carbocycles. The molecule has 3 aromatic rings. The minimum Gasteiger partial charge on any atom is -0.313 e. The number of aromatic nitrogens is 5. The van der Waals surface area contributed by atoms with E-state index in [1.165, 1.54) is 18.6 Å². The van der Waals surface area contributed by atoms with Gasteiger partial charge in [-0.3, -0.25) is 0 Å². The second-order valence-corrected chi connectivity index (χ2v) is 8.82. The summed E-state index contributed by atoms with van der Waals surface area (Å²) in [6, 6.07) is 3.05. The molecule has 1 aromatic carbocycles. The molecule has 1 fully saturated rings. The largest absolute Gasteiger partial charge is 0.323 e. The molecule has 0 bridgehead atoms. The molecule has 1 saturated carbocycles. The molecule has 2 aromatic heterocycles. The van der Waals surface area contributed by atoms with E-state index in [2.05, 4.69) is 24.9 Å². The fraction of sp³-hybridized carbons (Fsp3) is 0.438. The molecule has 3 N–H and O–H groups in total. The summed E-state index contributed by atoms with van der Waals surface area (Å²) in [5.41, 5.74) is 0.389. The number of H-pyrrole nitrogens is 2. The minimum atomic E-state index is -3.90. The fourth-order valence-electron chi connectivity index (χ4n) is 3.54. The number of rotatable bonds is 5. The number of fused-ring (bicyclic) bond motifs is 1. The minimum absolute atomic E-state index is 0.0108. The van der Waals surface area contributed by atoms with Crippen molar-refractivity contribution in [1.82, 2.24) is 29.5 Å². The number of imidazole rings is 1. The van der Waals surface area contributed by atoms with Crippen LogP contribution in [0, 0.1) is 0 Å². The van der Waals surface area contributed by atoms with E-state index in [0.717, 1.165) is 25.7 Å². The van der Waals surface area contributed by atoms with Crippen molar-refractivity contribution in [2.75, 3.05) is 0 Å². The first-order chi connectivity index (χ1) is 12.9. The summed E-state index contributed by atoms with van der Waals surface area (Å²) in [4.78, 5) is 16.4. The average Bonchev–Trinajstić information content (AvgIpc) is 3.25. The van der Waals surface area contributed by atoms with Gasteiger partial charge in [0.1, 0.15) is 17.0 Å². The van der Waals surface area contributed by atoms with Crippen LogP contribution in [0.25, 0.3) is 11.0 Å². The predicted octanol–water partition coefficient (Wildman–Crippen LogP) is 2.08. The van der Waals surface area contributed by atoms with Crippen molar-refractivity contribution in [1.29, 1.82) is 0 Å².